The molecule has 0 saturated carbocycles. The monoisotopic (exact) mass is 328 g/mol. The molecule has 24 heavy (non-hydrogen) atoms. The maximum atomic E-state index is 12.9. The van der Waals surface area contributed by atoms with Crippen molar-refractivity contribution in [3.05, 3.63) is 71.6 Å². The van der Waals surface area contributed by atoms with Gasteiger partial charge in [0, 0.05) is 11.1 Å². The van der Waals surface area contributed by atoms with Crippen molar-refractivity contribution < 1.29 is 23.5 Å². The van der Waals surface area contributed by atoms with Gasteiger partial charge < -0.3 is 9.47 Å². The second kappa shape index (κ2) is 8.06. The van der Waals surface area contributed by atoms with Gasteiger partial charge in [0.1, 0.15) is 12.1 Å². The first-order chi connectivity index (χ1) is 11.6. The van der Waals surface area contributed by atoms with Crippen molar-refractivity contribution in [1.29, 1.82) is 0 Å². The molecule has 0 aromatic heterocycles. The fraction of sp³-hybridized carbons (Fsp3) is 0.158. The van der Waals surface area contributed by atoms with E-state index in [9.17, 15) is 14.0 Å². The molecule has 0 saturated heterocycles. The van der Waals surface area contributed by atoms with E-state index in [0.717, 1.165) is 0 Å². The van der Waals surface area contributed by atoms with Gasteiger partial charge in [0.25, 0.3) is 0 Å². The highest BCUT2D eigenvalue weighted by molar-refractivity contribution is 5.80. The Morgan fingerprint density at radius 1 is 1.25 bits per heavy atom. The van der Waals surface area contributed by atoms with Crippen LogP contribution in [0.2, 0.25) is 0 Å². The topological polar surface area (TPSA) is 52.6 Å². The molecular weight excluding hydrogens is 311 g/mol. The van der Waals surface area contributed by atoms with E-state index >= 15 is 0 Å². The van der Waals surface area contributed by atoms with Gasteiger partial charge in [-0.15, -0.1) is 6.58 Å². The fourth-order valence-electron chi connectivity index (χ4n) is 2.25. The van der Waals surface area contributed by atoms with E-state index in [0.29, 0.717) is 35.1 Å². The number of carbonyl (C=O) groups is 2. The van der Waals surface area contributed by atoms with Crippen molar-refractivity contribution in [3.8, 4) is 11.5 Å². The molecule has 2 aromatic carbocycles. The smallest absolute Gasteiger partial charge is 0.315 e. The molecule has 5 heteroatoms. The van der Waals surface area contributed by atoms with Crippen LogP contribution in [-0.2, 0) is 17.6 Å². The van der Waals surface area contributed by atoms with E-state index in [1.807, 2.05) is 0 Å². The summed E-state index contributed by atoms with van der Waals surface area (Å²) in [7, 11) is 1.43. The van der Waals surface area contributed by atoms with Gasteiger partial charge in [0.15, 0.2) is 11.5 Å². The van der Waals surface area contributed by atoms with Crippen molar-refractivity contribution in [1.82, 2.24) is 0 Å². The van der Waals surface area contributed by atoms with Crippen molar-refractivity contribution in [2.24, 2.45) is 0 Å². The van der Waals surface area contributed by atoms with E-state index in [-0.39, 0.29) is 18.0 Å². The van der Waals surface area contributed by atoms with E-state index < -0.39 is 5.97 Å². The second-order valence-corrected chi connectivity index (χ2v) is 5.10. The van der Waals surface area contributed by atoms with Crippen LogP contribution in [-0.4, -0.2) is 19.4 Å². The zero-order valence-corrected chi connectivity index (χ0v) is 13.3. The molecule has 0 aliphatic carbocycles. The van der Waals surface area contributed by atoms with Crippen LogP contribution in [0.3, 0.4) is 0 Å². The molecule has 0 N–H and O–H groups in total. The number of allylic oxidation sites excluding steroid dienone is 1. The normalized spacial score (nSPS) is 10.1. The van der Waals surface area contributed by atoms with Crippen LogP contribution in [0.15, 0.2) is 49.1 Å². The third kappa shape index (κ3) is 4.29. The molecule has 0 amide bonds. The van der Waals surface area contributed by atoms with Crippen LogP contribution in [0, 0.1) is 5.82 Å². The maximum absolute atomic E-state index is 12.9. The minimum atomic E-state index is -0.510. The number of benzene rings is 2. The SMILES string of the molecule is C=CCc1cc(C=O)cc(OC)c1OC(=O)Cc1ccc(F)cc1. The predicted octanol–water partition coefficient (Wildman–Crippen LogP) is 3.52. The molecule has 0 atom stereocenters. The molecule has 0 bridgehead atoms. The third-order valence-corrected chi connectivity index (χ3v) is 3.35. The Labute approximate surface area is 139 Å². The van der Waals surface area contributed by atoms with Gasteiger partial charge in [-0.25, -0.2) is 4.39 Å². The summed E-state index contributed by atoms with van der Waals surface area (Å²) >= 11 is 0. The van der Waals surface area contributed by atoms with Gasteiger partial charge in [-0.2, -0.15) is 0 Å². The largest absolute Gasteiger partial charge is 0.493 e. The van der Waals surface area contributed by atoms with Crippen LogP contribution in [0.5, 0.6) is 11.5 Å². The highest BCUT2D eigenvalue weighted by Crippen LogP contribution is 2.33. The van der Waals surface area contributed by atoms with Gasteiger partial charge in [0.2, 0.25) is 0 Å². The van der Waals surface area contributed by atoms with Crippen LogP contribution in [0.1, 0.15) is 21.5 Å². The average molecular weight is 328 g/mol. The van der Waals surface area contributed by atoms with Crippen LogP contribution in [0.25, 0.3) is 0 Å². The van der Waals surface area contributed by atoms with E-state index in [4.69, 9.17) is 9.47 Å². The average Bonchev–Trinajstić information content (AvgIpc) is 2.58. The molecule has 0 aliphatic rings. The summed E-state index contributed by atoms with van der Waals surface area (Å²) in [6.07, 6.45) is 2.74. The van der Waals surface area contributed by atoms with Crippen molar-refractivity contribution in [2.45, 2.75) is 12.8 Å². The predicted molar refractivity (Wildman–Crippen MR) is 88.0 cm³/mol. The highest BCUT2D eigenvalue weighted by atomic mass is 19.1. The zero-order chi connectivity index (χ0) is 17.5. The van der Waals surface area contributed by atoms with E-state index in [1.54, 1.807) is 12.1 Å². The number of carbonyl (C=O) groups excluding carboxylic acids is 2. The molecule has 2 aromatic rings. The first-order valence-electron chi connectivity index (χ1n) is 7.29. The van der Waals surface area contributed by atoms with Gasteiger partial charge in [0.05, 0.1) is 13.5 Å². The third-order valence-electron chi connectivity index (χ3n) is 3.35. The number of esters is 1. The Kier molecular flexibility index (Phi) is 5.84. The zero-order valence-electron chi connectivity index (χ0n) is 13.3. The molecule has 4 nitrogen and oxygen atoms in total. The number of halogens is 1. The Morgan fingerprint density at radius 3 is 2.54 bits per heavy atom. The molecular formula is C19H17FO4. The first kappa shape index (κ1) is 17.4. The molecule has 0 spiro atoms. The molecule has 0 fully saturated rings. The Balaban J connectivity index is 2.26. The fourth-order valence-corrected chi connectivity index (χ4v) is 2.25. The summed E-state index contributed by atoms with van der Waals surface area (Å²) in [4.78, 5) is 23.2. The number of aldehydes is 1. The van der Waals surface area contributed by atoms with Crippen LogP contribution >= 0.6 is 0 Å². The number of ether oxygens (including phenoxy) is 2. The quantitative estimate of drug-likeness (QED) is 0.338. The maximum Gasteiger partial charge on any atom is 0.315 e. The molecule has 0 unspecified atom stereocenters. The van der Waals surface area contributed by atoms with Gasteiger partial charge >= 0.3 is 5.97 Å². The van der Waals surface area contributed by atoms with Gasteiger partial charge in [-0.3, -0.25) is 9.59 Å². The Morgan fingerprint density at radius 2 is 1.96 bits per heavy atom. The molecule has 124 valence electrons. The molecule has 2 rings (SSSR count). The second-order valence-electron chi connectivity index (χ2n) is 5.10. The summed E-state index contributed by atoms with van der Waals surface area (Å²) in [5.74, 6) is -0.324. The van der Waals surface area contributed by atoms with E-state index in [1.165, 1.54) is 37.4 Å². The number of methoxy groups -OCH3 is 1. The standard InChI is InChI=1S/C19H17FO4/c1-3-4-15-9-14(12-21)10-17(23-2)19(15)24-18(22)11-13-5-7-16(20)8-6-13/h3,5-10,12H,1,4,11H2,2H3. The first-order valence-corrected chi connectivity index (χ1v) is 7.29. The summed E-state index contributed by atoms with van der Waals surface area (Å²) in [5.41, 5.74) is 1.68. The minimum absolute atomic E-state index is 0.00754. The van der Waals surface area contributed by atoms with Gasteiger partial charge in [-0.1, -0.05) is 18.2 Å². The lowest BCUT2D eigenvalue weighted by molar-refractivity contribution is -0.133. The summed E-state index contributed by atoms with van der Waals surface area (Å²) in [6.45, 7) is 3.66. The van der Waals surface area contributed by atoms with Crippen molar-refractivity contribution in [2.75, 3.05) is 7.11 Å². The Bertz CT molecular complexity index is 751. The summed E-state index contributed by atoms with van der Waals surface area (Å²) in [6, 6.07) is 8.73. The lowest BCUT2D eigenvalue weighted by Gasteiger charge is -2.14. The summed E-state index contributed by atoms with van der Waals surface area (Å²) < 4.78 is 23.6. The molecule has 0 aliphatic heterocycles. The number of rotatable bonds is 7. The van der Waals surface area contributed by atoms with Crippen molar-refractivity contribution >= 4 is 12.3 Å². The lowest BCUT2D eigenvalue weighted by atomic mass is 10.1. The highest BCUT2D eigenvalue weighted by Gasteiger charge is 2.16. The van der Waals surface area contributed by atoms with Crippen LogP contribution < -0.4 is 9.47 Å². The molecule has 0 heterocycles. The number of hydrogen-bond acceptors (Lipinski definition) is 4. The minimum Gasteiger partial charge on any atom is -0.493 e. The van der Waals surface area contributed by atoms with Gasteiger partial charge in [-0.05, 0) is 36.2 Å². The number of hydrogen-bond donors (Lipinski definition) is 0. The molecule has 0 radical (unpaired) electrons. The lowest BCUT2D eigenvalue weighted by Crippen LogP contribution is -2.13. The van der Waals surface area contributed by atoms with Crippen LogP contribution in [0.4, 0.5) is 4.39 Å². The van der Waals surface area contributed by atoms with E-state index in [2.05, 4.69) is 6.58 Å². The summed E-state index contributed by atoms with van der Waals surface area (Å²) in [5, 5.41) is 0. The Hall–Kier alpha value is -2.95. The van der Waals surface area contributed by atoms with Crippen molar-refractivity contribution in [3.63, 3.8) is 0 Å².